The quantitative estimate of drug-likeness (QED) is 0.558. The molecule has 6 heteroatoms. The molecule has 32 heavy (non-hydrogen) atoms. The Morgan fingerprint density at radius 1 is 0.938 bits per heavy atom. The van der Waals surface area contributed by atoms with Crippen LogP contribution in [0, 0.1) is 0 Å². The van der Waals surface area contributed by atoms with Gasteiger partial charge >= 0.3 is 6.09 Å². The molecule has 1 unspecified atom stereocenters. The predicted octanol–water partition coefficient (Wildman–Crippen LogP) is 4.45. The molecule has 3 aromatic rings. The van der Waals surface area contributed by atoms with Crippen molar-refractivity contribution in [1.82, 2.24) is 9.88 Å². The number of benzene rings is 2. The van der Waals surface area contributed by atoms with E-state index in [4.69, 9.17) is 4.74 Å². The molecule has 0 aliphatic rings. The van der Waals surface area contributed by atoms with Crippen molar-refractivity contribution in [3.63, 3.8) is 0 Å². The lowest BCUT2D eigenvalue weighted by Crippen LogP contribution is -2.36. The molecule has 166 valence electrons. The van der Waals surface area contributed by atoms with Gasteiger partial charge in [0, 0.05) is 12.7 Å². The highest BCUT2D eigenvalue weighted by molar-refractivity contribution is 5.72. The van der Waals surface area contributed by atoms with E-state index in [1.165, 1.54) is 0 Å². The zero-order valence-corrected chi connectivity index (χ0v) is 18.6. The van der Waals surface area contributed by atoms with Crippen LogP contribution >= 0.6 is 0 Å². The van der Waals surface area contributed by atoms with Crippen molar-refractivity contribution in [2.24, 2.45) is 0 Å². The monoisotopic (exact) mass is 432 g/mol. The molecule has 1 atom stereocenters. The van der Waals surface area contributed by atoms with Crippen LogP contribution in [0.15, 0.2) is 79.0 Å². The SMILES string of the molecule is CC(C)(C)OC(=O)N(Cc1ccc(C(O)(C=O)c2ccccc2)cc1)Cc1ccccn1. The van der Waals surface area contributed by atoms with Crippen molar-refractivity contribution in [2.45, 2.75) is 45.1 Å². The van der Waals surface area contributed by atoms with Crippen molar-refractivity contribution in [3.8, 4) is 0 Å². The standard InChI is InChI=1S/C26H28N2O4/c1-25(2,3)32-24(30)28(18-23-11-7-8-16-27-23)17-20-12-14-22(15-13-20)26(31,19-29)21-9-5-4-6-10-21/h4-16,19,31H,17-18H2,1-3H3. The van der Waals surface area contributed by atoms with Crippen LogP contribution in [-0.2, 0) is 28.2 Å². The summed E-state index contributed by atoms with van der Waals surface area (Å²) in [6.45, 7) is 6.05. The molecule has 0 aliphatic heterocycles. The minimum Gasteiger partial charge on any atom is -0.444 e. The topological polar surface area (TPSA) is 79.7 Å². The third-order valence-corrected chi connectivity index (χ3v) is 4.88. The first-order valence-electron chi connectivity index (χ1n) is 10.4. The van der Waals surface area contributed by atoms with Gasteiger partial charge in [0.05, 0.1) is 12.2 Å². The lowest BCUT2D eigenvalue weighted by Gasteiger charge is -2.28. The highest BCUT2D eigenvalue weighted by Gasteiger charge is 2.31. The molecule has 0 aliphatic carbocycles. The van der Waals surface area contributed by atoms with E-state index in [-0.39, 0.29) is 6.54 Å². The second-order valence-corrected chi connectivity index (χ2v) is 8.60. The van der Waals surface area contributed by atoms with Crippen LogP contribution in [-0.4, -0.2) is 33.0 Å². The van der Waals surface area contributed by atoms with E-state index < -0.39 is 17.3 Å². The molecular formula is C26H28N2O4. The smallest absolute Gasteiger partial charge is 0.410 e. The Balaban J connectivity index is 1.83. The van der Waals surface area contributed by atoms with Gasteiger partial charge in [-0.15, -0.1) is 0 Å². The number of carbonyl (C=O) groups excluding carboxylic acids is 2. The summed E-state index contributed by atoms with van der Waals surface area (Å²) in [6.07, 6.45) is 1.77. The molecule has 0 fully saturated rings. The Morgan fingerprint density at radius 3 is 2.12 bits per heavy atom. The van der Waals surface area contributed by atoms with Crippen molar-refractivity contribution in [3.05, 3.63) is 101 Å². The molecule has 0 bridgehead atoms. The Labute approximate surface area is 188 Å². The summed E-state index contributed by atoms with van der Waals surface area (Å²) >= 11 is 0. The maximum absolute atomic E-state index is 12.8. The number of amides is 1. The van der Waals surface area contributed by atoms with Crippen LogP contribution in [0.2, 0.25) is 0 Å². The fourth-order valence-corrected chi connectivity index (χ4v) is 3.28. The van der Waals surface area contributed by atoms with E-state index in [1.807, 2.05) is 45.0 Å². The number of carbonyl (C=O) groups is 2. The summed E-state index contributed by atoms with van der Waals surface area (Å²) in [5.41, 5.74) is 0.161. The highest BCUT2D eigenvalue weighted by atomic mass is 16.6. The molecular weight excluding hydrogens is 404 g/mol. The van der Waals surface area contributed by atoms with Gasteiger partial charge in [-0.2, -0.15) is 0 Å². The third-order valence-electron chi connectivity index (χ3n) is 4.88. The number of hydrogen-bond donors (Lipinski definition) is 1. The largest absolute Gasteiger partial charge is 0.444 e. The van der Waals surface area contributed by atoms with Crippen LogP contribution in [0.1, 0.15) is 43.2 Å². The second kappa shape index (κ2) is 9.75. The van der Waals surface area contributed by atoms with Crippen LogP contribution in [0.25, 0.3) is 0 Å². The number of aldehydes is 1. The van der Waals surface area contributed by atoms with E-state index in [0.29, 0.717) is 24.0 Å². The maximum Gasteiger partial charge on any atom is 0.410 e. The van der Waals surface area contributed by atoms with E-state index in [9.17, 15) is 14.7 Å². The van der Waals surface area contributed by atoms with Gasteiger partial charge in [0.25, 0.3) is 0 Å². The van der Waals surface area contributed by atoms with E-state index in [0.717, 1.165) is 11.3 Å². The Bertz CT molecular complexity index is 1030. The molecule has 1 N–H and O–H groups in total. The van der Waals surface area contributed by atoms with E-state index in [1.54, 1.807) is 59.6 Å². The summed E-state index contributed by atoms with van der Waals surface area (Å²) < 4.78 is 5.57. The summed E-state index contributed by atoms with van der Waals surface area (Å²) in [5.74, 6) is 0. The highest BCUT2D eigenvalue weighted by Crippen LogP contribution is 2.28. The van der Waals surface area contributed by atoms with Gasteiger partial charge in [0.15, 0.2) is 11.9 Å². The molecule has 0 saturated heterocycles. The van der Waals surface area contributed by atoms with Gasteiger partial charge < -0.3 is 9.84 Å². The first-order valence-corrected chi connectivity index (χ1v) is 10.4. The van der Waals surface area contributed by atoms with Crippen molar-refractivity contribution < 1.29 is 19.4 Å². The second-order valence-electron chi connectivity index (χ2n) is 8.60. The lowest BCUT2D eigenvalue weighted by molar-refractivity contribution is -0.121. The van der Waals surface area contributed by atoms with Gasteiger partial charge in [-0.25, -0.2) is 4.79 Å². The molecule has 1 heterocycles. The van der Waals surface area contributed by atoms with Gasteiger partial charge in [0.2, 0.25) is 0 Å². The normalized spacial score (nSPS) is 13.1. The van der Waals surface area contributed by atoms with E-state index >= 15 is 0 Å². The molecule has 1 amide bonds. The van der Waals surface area contributed by atoms with Crippen LogP contribution in [0.4, 0.5) is 4.79 Å². The fraction of sp³-hybridized carbons (Fsp3) is 0.269. The van der Waals surface area contributed by atoms with Crippen LogP contribution in [0.5, 0.6) is 0 Å². The van der Waals surface area contributed by atoms with Crippen molar-refractivity contribution in [1.29, 1.82) is 0 Å². The lowest BCUT2D eigenvalue weighted by atomic mass is 9.87. The number of aromatic nitrogens is 1. The number of hydrogen-bond acceptors (Lipinski definition) is 5. The van der Waals surface area contributed by atoms with Gasteiger partial charge in [-0.1, -0.05) is 60.7 Å². The summed E-state index contributed by atoms with van der Waals surface area (Å²) in [7, 11) is 0. The number of pyridine rings is 1. The molecule has 0 saturated carbocycles. The minimum atomic E-state index is -1.74. The van der Waals surface area contributed by atoms with Gasteiger partial charge in [-0.3, -0.25) is 14.7 Å². The van der Waals surface area contributed by atoms with Crippen LogP contribution in [0.3, 0.4) is 0 Å². The molecule has 6 nitrogen and oxygen atoms in total. The van der Waals surface area contributed by atoms with Crippen molar-refractivity contribution >= 4 is 12.4 Å². The summed E-state index contributed by atoms with van der Waals surface area (Å²) in [6, 6.07) is 21.3. The first-order chi connectivity index (χ1) is 15.2. The predicted molar refractivity (Wildman–Crippen MR) is 122 cm³/mol. The molecule has 0 spiro atoms. The zero-order chi connectivity index (χ0) is 23.2. The summed E-state index contributed by atoms with van der Waals surface area (Å²) in [5, 5.41) is 11.0. The molecule has 3 rings (SSSR count). The number of nitrogens with zero attached hydrogens (tertiary/aromatic N) is 2. The maximum atomic E-state index is 12.8. The molecule has 0 radical (unpaired) electrons. The number of aliphatic hydroxyl groups is 1. The number of ether oxygens (including phenoxy) is 1. The van der Waals surface area contributed by atoms with E-state index in [2.05, 4.69) is 4.98 Å². The summed E-state index contributed by atoms with van der Waals surface area (Å²) in [4.78, 5) is 30.5. The third kappa shape index (κ3) is 5.80. The first kappa shape index (κ1) is 23.2. The zero-order valence-electron chi connectivity index (χ0n) is 18.6. The molecule has 1 aromatic heterocycles. The molecule has 2 aromatic carbocycles. The average Bonchev–Trinajstić information content (AvgIpc) is 2.79. The Kier molecular flexibility index (Phi) is 7.05. The Morgan fingerprint density at radius 2 is 1.56 bits per heavy atom. The minimum absolute atomic E-state index is 0.288. The van der Waals surface area contributed by atoms with Gasteiger partial charge in [-0.05, 0) is 49.6 Å². The van der Waals surface area contributed by atoms with Gasteiger partial charge in [0.1, 0.15) is 5.60 Å². The average molecular weight is 433 g/mol. The van der Waals surface area contributed by atoms with Crippen molar-refractivity contribution in [2.75, 3.05) is 0 Å². The van der Waals surface area contributed by atoms with Crippen LogP contribution < -0.4 is 0 Å². The number of rotatable bonds is 7. The Hall–Kier alpha value is -3.51. The fourth-order valence-electron chi connectivity index (χ4n) is 3.28.